The monoisotopic (exact) mass is 237 g/mol. The molecular formula is C12H19N3O2. The zero-order valence-corrected chi connectivity index (χ0v) is 10.7. The minimum absolute atomic E-state index is 0.00728. The zero-order valence-electron chi connectivity index (χ0n) is 10.7. The van der Waals surface area contributed by atoms with Crippen molar-refractivity contribution in [2.45, 2.75) is 19.4 Å². The topological polar surface area (TPSA) is 65.5 Å². The summed E-state index contributed by atoms with van der Waals surface area (Å²) in [5.41, 5.74) is 0.817. The largest absolute Gasteiger partial charge is 0.477 e. The fourth-order valence-corrected chi connectivity index (χ4v) is 1.13. The third kappa shape index (κ3) is 3.71. The molecule has 0 unspecified atom stereocenters. The van der Waals surface area contributed by atoms with E-state index in [9.17, 15) is 4.79 Å². The molecule has 0 aliphatic heterocycles. The van der Waals surface area contributed by atoms with Crippen LogP contribution in [0.4, 0.5) is 5.69 Å². The highest BCUT2D eigenvalue weighted by molar-refractivity contribution is 5.86. The van der Waals surface area contributed by atoms with Crippen LogP contribution in [0.3, 0.4) is 0 Å². The highest BCUT2D eigenvalue weighted by atomic mass is 16.4. The van der Waals surface area contributed by atoms with E-state index in [2.05, 4.69) is 29.0 Å². The van der Waals surface area contributed by atoms with Crippen molar-refractivity contribution in [1.82, 2.24) is 9.88 Å². The summed E-state index contributed by atoms with van der Waals surface area (Å²) in [6.45, 7) is 4.95. The van der Waals surface area contributed by atoms with E-state index in [-0.39, 0.29) is 11.2 Å². The van der Waals surface area contributed by atoms with E-state index >= 15 is 0 Å². The quantitative estimate of drug-likeness (QED) is 0.813. The Bertz CT molecular complexity index is 402. The van der Waals surface area contributed by atoms with Gasteiger partial charge in [-0.3, -0.25) is 0 Å². The van der Waals surface area contributed by atoms with Crippen molar-refractivity contribution < 1.29 is 9.90 Å². The van der Waals surface area contributed by atoms with Crippen molar-refractivity contribution >= 4 is 11.7 Å². The molecule has 0 saturated carbocycles. The van der Waals surface area contributed by atoms with Crippen molar-refractivity contribution in [3.05, 3.63) is 24.0 Å². The molecule has 0 radical (unpaired) electrons. The van der Waals surface area contributed by atoms with Gasteiger partial charge >= 0.3 is 5.97 Å². The molecule has 5 heteroatoms. The molecular weight excluding hydrogens is 218 g/mol. The fraction of sp³-hybridized carbons (Fsp3) is 0.500. The first kappa shape index (κ1) is 13.4. The summed E-state index contributed by atoms with van der Waals surface area (Å²) in [7, 11) is 4.02. The maximum atomic E-state index is 10.8. The zero-order chi connectivity index (χ0) is 13.1. The second-order valence-electron chi connectivity index (χ2n) is 4.80. The number of nitrogens with one attached hydrogen (secondary N) is 1. The molecule has 0 aliphatic carbocycles. The third-order valence-electron chi connectivity index (χ3n) is 2.91. The van der Waals surface area contributed by atoms with Crippen molar-refractivity contribution in [2.75, 3.05) is 26.0 Å². The molecule has 0 fully saturated rings. The van der Waals surface area contributed by atoms with E-state index < -0.39 is 5.97 Å². The van der Waals surface area contributed by atoms with Gasteiger partial charge in [0, 0.05) is 24.0 Å². The van der Waals surface area contributed by atoms with Gasteiger partial charge in [0.1, 0.15) is 5.69 Å². The van der Waals surface area contributed by atoms with Gasteiger partial charge in [-0.15, -0.1) is 0 Å². The number of aromatic nitrogens is 1. The lowest BCUT2D eigenvalue weighted by atomic mass is 10.0. The molecule has 1 rings (SSSR count). The minimum Gasteiger partial charge on any atom is -0.477 e. The molecule has 0 aliphatic rings. The Morgan fingerprint density at radius 3 is 2.71 bits per heavy atom. The number of aromatic carboxylic acids is 1. The number of hydrogen-bond acceptors (Lipinski definition) is 4. The Labute approximate surface area is 101 Å². The molecule has 1 aromatic heterocycles. The molecule has 1 heterocycles. The number of rotatable bonds is 5. The smallest absolute Gasteiger partial charge is 0.354 e. The van der Waals surface area contributed by atoms with Crippen LogP contribution in [0.5, 0.6) is 0 Å². The van der Waals surface area contributed by atoms with E-state index in [1.807, 2.05) is 14.1 Å². The summed E-state index contributed by atoms with van der Waals surface area (Å²) in [4.78, 5) is 16.6. The first-order chi connectivity index (χ1) is 7.83. The molecule has 0 saturated heterocycles. The van der Waals surface area contributed by atoms with Crippen LogP contribution in [0, 0.1) is 0 Å². The average Bonchev–Trinajstić information content (AvgIpc) is 2.26. The van der Waals surface area contributed by atoms with Crippen molar-refractivity contribution in [3.63, 3.8) is 0 Å². The number of hydrogen-bond donors (Lipinski definition) is 2. The Balaban J connectivity index is 2.70. The maximum Gasteiger partial charge on any atom is 0.354 e. The lowest BCUT2D eigenvalue weighted by Gasteiger charge is -2.33. The van der Waals surface area contributed by atoms with Gasteiger partial charge in [-0.2, -0.15) is 0 Å². The molecule has 0 atom stereocenters. The number of nitrogens with zero attached hydrogens (tertiary/aromatic N) is 2. The summed E-state index contributed by atoms with van der Waals surface area (Å²) in [5.74, 6) is -1.01. The molecule has 94 valence electrons. The molecule has 2 N–H and O–H groups in total. The van der Waals surface area contributed by atoms with Gasteiger partial charge in [0.2, 0.25) is 0 Å². The first-order valence-electron chi connectivity index (χ1n) is 5.43. The van der Waals surface area contributed by atoms with Crippen LogP contribution >= 0.6 is 0 Å². The molecule has 0 aromatic carbocycles. The number of pyridine rings is 1. The van der Waals surface area contributed by atoms with Crippen LogP contribution in [0.2, 0.25) is 0 Å². The first-order valence-corrected chi connectivity index (χ1v) is 5.43. The summed E-state index contributed by atoms with van der Waals surface area (Å²) in [6, 6.07) is 3.30. The van der Waals surface area contributed by atoms with E-state index in [1.54, 1.807) is 6.07 Å². The average molecular weight is 237 g/mol. The van der Waals surface area contributed by atoms with Gasteiger partial charge in [-0.1, -0.05) is 0 Å². The van der Waals surface area contributed by atoms with E-state index in [4.69, 9.17) is 5.11 Å². The Hall–Kier alpha value is -1.62. The van der Waals surface area contributed by atoms with Gasteiger partial charge in [0.25, 0.3) is 0 Å². The van der Waals surface area contributed by atoms with Gasteiger partial charge in [-0.25, -0.2) is 9.78 Å². The van der Waals surface area contributed by atoms with Gasteiger partial charge < -0.3 is 15.3 Å². The molecule has 5 nitrogen and oxygen atoms in total. The van der Waals surface area contributed by atoms with Crippen molar-refractivity contribution in [3.8, 4) is 0 Å². The summed E-state index contributed by atoms with van der Waals surface area (Å²) >= 11 is 0. The standard InChI is InChI=1S/C12H19N3O2/c1-12(2,15(3)4)8-14-9-5-6-13-10(7-9)11(16)17/h5-7H,8H2,1-4H3,(H,13,14)(H,16,17). The van der Waals surface area contributed by atoms with Crippen LogP contribution in [-0.4, -0.2) is 47.1 Å². The lowest BCUT2D eigenvalue weighted by molar-refractivity contribution is 0.0690. The number of carbonyl (C=O) groups is 1. The van der Waals surface area contributed by atoms with Gasteiger partial charge in [-0.05, 0) is 40.1 Å². The maximum absolute atomic E-state index is 10.8. The number of carboxylic acids is 1. The number of carboxylic acid groups (broad SMARTS) is 1. The normalized spacial score (nSPS) is 11.6. The lowest BCUT2D eigenvalue weighted by Crippen LogP contribution is -2.44. The van der Waals surface area contributed by atoms with Gasteiger partial charge in [0.15, 0.2) is 0 Å². The summed E-state index contributed by atoms with van der Waals surface area (Å²) in [5, 5.41) is 12.0. The predicted molar refractivity (Wildman–Crippen MR) is 67.5 cm³/mol. The molecule has 1 aromatic rings. The SMILES string of the molecule is CN(C)C(C)(C)CNc1ccnc(C(=O)O)c1. The van der Waals surface area contributed by atoms with E-state index in [0.717, 1.165) is 12.2 Å². The Morgan fingerprint density at radius 1 is 1.53 bits per heavy atom. The van der Waals surface area contributed by atoms with E-state index in [0.29, 0.717) is 0 Å². The highest BCUT2D eigenvalue weighted by Gasteiger charge is 2.19. The van der Waals surface area contributed by atoms with Crippen molar-refractivity contribution in [2.24, 2.45) is 0 Å². The summed E-state index contributed by atoms with van der Waals surface area (Å²) < 4.78 is 0. The predicted octanol–water partition coefficient (Wildman–Crippen LogP) is 1.53. The van der Waals surface area contributed by atoms with E-state index in [1.165, 1.54) is 12.3 Å². The number of likely N-dealkylation sites (N-methyl/N-ethyl adjacent to an activating group) is 1. The minimum atomic E-state index is -1.01. The number of anilines is 1. The molecule has 17 heavy (non-hydrogen) atoms. The second kappa shape index (κ2) is 5.14. The van der Waals surface area contributed by atoms with Crippen LogP contribution < -0.4 is 5.32 Å². The van der Waals surface area contributed by atoms with Crippen LogP contribution in [0.1, 0.15) is 24.3 Å². The second-order valence-corrected chi connectivity index (χ2v) is 4.80. The van der Waals surface area contributed by atoms with Crippen LogP contribution in [-0.2, 0) is 0 Å². The third-order valence-corrected chi connectivity index (χ3v) is 2.91. The molecule has 0 amide bonds. The molecule has 0 bridgehead atoms. The summed E-state index contributed by atoms with van der Waals surface area (Å²) in [6.07, 6.45) is 1.49. The Kier molecular flexibility index (Phi) is 4.07. The van der Waals surface area contributed by atoms with Gasteiger partial charge in [0.05, 0.1) is 0 Å². The Morgan fingerprint density at radius 2 is 2.18 bits per heavy atom. The van der Waals surface area contributed by atoms with Crippen LogP contribution in [0.15, 0.2) is 18.3 Å². The molecule has 0 spiro atoms. The fourth-order valence-electron chi connectivity index (χ4n) is 1.13. The highest BCUT2D eigenvalue weighted by Crippen LogP contribution is 2.13. The van der Waals surface area contributed by atoms with Crippen LogP contribution in [0.25, 0.3) is 0 Å². The van der Waals surface area contributed by atoms with Crippen molar-refractivity contribution in [1.29, 1.82) is 0 Å².